The molecule has 38 heavy (non-hydrogen) atoms. The van der Waals surface area contributed by atoms with Crippen molar-refractivity contribution in [2.24, 2.45) is 5.92 Å². The van der Waals surface area contributed by atoms with Gasteiger partial charge in [0, 0.05) is 30.0 Å². The summed E-state index contributed by atoms with van der Waals surface area (Å²) in [4.78, 5) is 32.4. The predicted octanol–water partition coefficient (Wildman–Crippen LogP) is 3.72. The van der Waals surface area contributed by atoms with Gasteiger partial charge < -0.3 is 4.90 Å². The Morgan fingerprint density at radius 3 is 2.45 bits per heavy atom. The van der Waals surface area contributed by atoms with E-state index in [0.717, 1.165) is 11.0 Å². The number of carbonyl (C=O) groups excluding carboxylic acids is 2. The van der Waals surface area contributed by atoms with Crippen molar-refractivity contribution in [3.8, 4) is 0 Å². The van der Waals surface area contributed by atoms with Gasteiger partial charge in [-0.05, 0) is 42.7 Å². The van der Waals surface area contributed by atoms with Crippen molar-refractivity contribution in [1.82, 2.24) is 19.5 Å². The first-order chi connectivity index (χ1) is 18.3. The lowest BCUT2D eigenvalue weighted by atomic mass is 9.99. The molecule has 1 unspecified atom stereocenters. The van der Waals surface area contributed by atoms with Crippen LogP contribution in [0.15, 0.2) is 90.0 Å². The number of benzene rings is 2. The number of nitrogens with zero attached hydrogens (tertiary/aromatic N) is 4. The van der Waals surface area contributed by atoms with Crippen molar-refractivity contribution in [3.05, 3.63) is 106 Å². The average molecular weight is 550 g/mol. The first-order valence-corrected chi connectivity index (χ1v) is 14.3. The Hall–Kier alpha value is -4.09. The van der Waals surface area contributed by atoms with Gasteiger partial charge >= 0.3 is 0 Å². The number of thiazole rings is 1. The summed E-state index contributed by atoms with van der Waals surface area (Å²) in [7, 11) is -4.17. The molecule has 9 nitrogen and oxygen atoms in total. The Bertz CT molecular complexity index is 1480. The van der Waals surface area contributed by atoms with Gasteiger partial charge in [0.1, 0.15) is 10.9 Å². The number of aromatic nitrogens is 3. The third-order valence-corrected chi connectivity index (χ3v) is 7.38. The molecule has 0 bridgehead atoms. The van der Waals surface area contributed by atoms with E-state index >= 15 is 0 Å². The minimum atomic E-state index is -4.17. The van der Waals surface area contributed by atoms with E-state index in [9.17, 15) is 18.0 Å². The van der Waals surface area contributed by atoms with Crippen LogP contribution in [0.2, 0.25) is 0 Å². The number of carbonyl (C=O) groups is 2. The van der Waals surface area contributed by atoms with E-state index in [0.29, 0.717) is 29.3 Å². The second-order valence-corrected chi connectivity index (χ2v) is 10.9. The third kappa shape index (κ3) is 7.24. The van der Waals surface area contributed by atoms with Crippen LogP contribution in [0, 0.1) is 5.92 Å². The molecule has 0 fully saturated rings. The highest BCUT2D eigenvalue weighted by Gasteiger charge is 2.33. The number of para-hydroxylation sites is 1. The van der Waals surface area contributed by atoms with Crippen LogP contribution in [-0.4, -0.2) is 41.5 Å². The van der Waals surface area contributed by atoms with Crippen molar-refractivity contribution < 1.29 is 18.0 Å². The zero-order valence-corrected chi connectivity index (χ0v) is 22.3. The zero-order chi connectivity index (χ0) is 27.0. The average Bonchev–Trinajstić information content (AvgIpc) is 3.60. The van der Waals surface area contributed by atoms with E-state index in [1.807, 2.05) is 41.1 Å². The van der Waals surface area contributed by atoms with Crippen molar-refractivity contribution in [2.75, 3.05) is 11.4 Å². The molecule has 0 aliphatic rings. The second-order valence-electron chi connectivity index (χ2n) is 8.39. The van der Waals surface area contributed by atoms with E-state index in [1.54, 1.807) is 59.8 Å². The van der Waals surface area contributed by atoms with E-state index in [-0.39, 0.29) is 6.42 Å². The summed E-state index contributed by atoms with van der Waals surface area (Å²) >= 11 is 1.26. The van der Waals surface area contributed by atoms with Crippen molar-refractivity contribution >= 4 is 44.9 Å². The van der Waals surface area contributed by atoms with Gasteiger partial charge in [-0.15, -0.1) is 11.3 Å². The highest BCUT2D eigenvalue weighted by atomic mass is 32.2. The van der Waals surface area contributed by atoms with Crippen molar-refractivity contribution in [2.45, 2.75) is 19.9 Å². The van der Waals surface area contributed by atoms with Gasteiger partial charge in [0.15, 0.2) is 0 Å². The van der Waals surface area contributed by atoms with E-state index in [1.165, 1.54) is 22.3 Å². The van der Waals surface area contributed by atoms with Crippen LogP contribution in [0.25, 0.3) is 6.08 Å². The minimum absolute atomic E-state index is 0.0193. The van der Waals surface area contributed by atoms with E-state index in [2.05, 4.69) is 10.1 Å². The summed E-state index contributed by atoms with van der Waals surface area (Å²) < 4.78 is 29.1. The maximum atomic E-state index is 13.7. The summed E-state index contributed by atoms with van der Waals surface area (Å²) in [6, 6.07) is 18.7. The van der Waals surface area contributed by atoms with Crippen LogP contribution in [0.4, 0.5) is 5.69 Å². The number of sulfonamides is 1. The zero-order valence-electron chi connectivity index (χ0n) is 20.7. The predicted molar refractivity (Wildman–Crippen MR) is 148 cm³/mol. The Balaban J connectivity index is 1.57. The molecule has 2 aromatic heterocycles. The van der Waals surface area contributed by atoms with Gasteiger partial charge in [0.25, 0.3) is 10.0 Å². The number of rotatable bonds is 11. The molecule has 0 spiro atoms. The molecule has 0 aliphatic heterocycles. The summed E-state index contributed by atoms with van der Waals surface area (Å²) in [6.07, 6.45) is 6.18. The van der Waals surface area contributed by atoms with Gasteiger partial charge in [-0.2, -0.15) is 5.10 Å². The highest BCUT2D eigenvalue weighted by molar-refractivity contribution is 7.93. The molecular formula is C27H27N5O4S2. The third-order valence-electron chi connectivity index (χ3n) is 5.66. The van der Waals surface area contributed by atoms with Gasteiger partial charge in [-0.25, -0.2) is 18.1 Å². The van der Waals surface area contributed by atoms with Crippen LogP contribution in [0.5, 0.6) is 0 Å². The first-order valence-electron chi connectivity index (χ1n) is 11.9. The molecule has 2 heterocycles. The fourth-order valence-corrected chi connectivity index (χ4v) is 5.28. The fraction of sp³-hybridized carbons (Fsp3) is 0.185. The largest absolute Gasteiger partial charge is 0.312 e. The quantitative estimate of drug-likeness (QED) is 0.285. The maximum absolute atomic E-state index is 13.7. The van der Waals surface area contributed by atoms with E-state index < -0.39 is 27.8 Å². The molecule has 11 heteroatoms. The van der Waals surface area contributed by atoms with Gasteiger partial charge in [-0.3, -0.25) is 14.3 Å². The number of anilines is 1. The van der Waals surface area contributed by atoms with Crippen molar-refractivity contribution in [1.29, 1.82) is 0 Å². The fourth-order valence-electron chi connectivity index (χ4n) is 3.87. The Morgan fingerprint density at radius 2 is 1.79 bits per heavy atom. The normalized spacial score (nSPS) is 12.3. The number of hydrogen-bond acceptors (Lipinski definition) is 7. The molecule has 1 N–H and O–H groups in total. The molecule has 1 atom stereocenters. The molecule has 0 aliphatic carbocycles. The summed E-state index contributed by atoms with van der Waals surface area (Å²) in [5.41, 5.74) is 2.30. The SMILES string of the molecule is CCN(C(=O)C(Cc1cnn(Cc2ccccc2)c1)C(=O)NS(=O)(=O)C=Cc1nccs1)c1ccccc1. The minimum Gasteiger partial charge on any atom is -0.312 e. The summed E-state index contributed by atoms with van der Waals surface area (Å²) in [5, 5.41) is 7.42. The molecule has 4 aromatic rings. The lowest BCUT2D eigenvalue weighted by Gasteiger charge is -2.25. The van der Waals surface area contributed by atoms with Gasteiger partial charge in [0.05, 0.1) is 18.1 Å². The molecular weight excluding hydrogens is 522 g/mol. The first kappa shape index (κ1) is 27.0. The van der Waals surface area contributed by atoms with Crippen LogP contribution in [0.1, 0.15) is 23.1 Å². The van der Waals surface area contributed by atoms with Crippen LogP contribution in [-0.2, 0) is 32.6 Å². The summed E-state index contributed by atoms with van der Waals surface area (Å²) in [6.45, 7) is 2.62. The van der Waals surface area contributed by atoms with Crippen LogP contribution >= 0.6 is 11.3 Å². The summed E-state index contributed by atoms with van der Waals surface area (Å²) in [5.74, 6) is -2.72. The number of amides is 2. The number of nitrogens with one attached hydrogen (secondary N) is 1. The monoisotopic (exact) mass is 549 g/mol. The molecule has 2 amide bonds. The van der Waals surface area contributed by atoms with Gasteiger partial charge in [-0.1, -0.05) is 48.5 Å². The molecule has 0 radical (unpaired) electrons. The topological polar surface area (TPSA) is 114 Å². The molecule has 2 aromatic carbocycles. The van der Waals surface area contributed by atoms with Crippen LogP contribution < -0.4 is 9.62 Å². The smallest absolute Gasteiger partial charge is 0.257 e. The Kier molecular flexibility index (Phi) is 8.82. The molecule has 4 rings (SSSR count). The lowest BCUT2D eigenvalue weighted by molar-refractivity contribution is -0.132. The Labute approximate surface area is 225 Å². The maximum Gasteiger partial charge on any atom is 0.257 e. The van der Waals surface area contributed by atoms with Gasteiger partial charge in [0.2, 0.25) is 11.8 Å². The van der Waals surface area contributed by atoms with Crippen molar-refractivity contribution in [3.63, 3.8) is 0 Å². The highest BCUT2D eigenvalue weighted by Crippen LogP contribution is 2.20. The number of hydrogen-bond donors (Lipinski definition) is 1. The standard InChI is InChI=1S/C27H27N5O4S2/c1-2-32(23-11-7-4-8-12-23)27(34)24(26(33)30-38(35,36)16-13-25-28-14-15-37-25)17-22-18-29-31(20-22)19-21-9-5-3-6-10-21/h3-16,18,20,24H,2,17,19H2,1H3,(H,30,33). The second kappa shape index (κ2) is 12.4. The Morgan fingerprint density at radius 1 is 1.08 bits per heavy atom. The lowest BCUT2D eigenvalue weighted by Crippen LogP contribution is -2.46. The molecule has 0 saturated heterocycles. The van der Waals surface area contributed by atoms with Crippen LogP contribution in [0.3, 0.4) is 0 Å². The molecule has 0 saturated carbocycles. The van der Waals surface area contributed by atoms with E-state index in [4.69, 9.17) is 0 Å². The molecule has 196 valence electrons.